The lowest BCUT2D eigenvalue weighted by Gasteiger charge is -2.46. The Labute approximate surface area is 230 Å². The number of carbonyl (C=O) groups is 1. The van der Waals surface area contributed by atoms with Gasteiger partial charge >= 0.3 is 5.97 Å². The van der Waals surface area contributed by atoms with Crippen LogP contribution in [0.3, 0.4) is 0 Å². The lowest BCUT2D eigenvalue weighted by atomic mass is 9.92. The fourth-order valence-electron chi connectivity index (χ4n) is 5.00. The maximum Gasteiger partial charge on any atom is 0.306 e. The molecule has 3 aromatic rings. The second kappa shape index (κ2) is 14.2. The zero-order valence-electron chi connectivity index (χ0n) is 22.1. The zero-order valence-corrected chi connectivity index (χ0v) is 22.1. The number of rotatable bonds is 9. The van der Waals surface area contributed by atoms with Gasteiger partial charge in [0, 0.05) is 6.42 Å². The number of fused-ring (bicyclic) bond motifs is 2. The molecule has 2 aliphatic heterocycles. The number of ether oxygens (including phenoxy) is 5. The van der Waals surface area contributed by atoms with E-state index in [-0.39, 0.29) is 18.7 Å². The summed E-state index contributed by atoms with van der Waals surface area (Å²) in [7, 11) is 0. The third-order valence-corrected chi connectivity index (χ3v) is 7.04. The Kier molecular flexibility index (Phi) is 9.93. The highest BCUT2D eigenvalue weighted by atomic mass is 16.6. The monoisotopic (exact) mass is 528 g/mol. The highest BCUT2D eigenvalue weighted by Gasteiger charge is 2.48. The van der Waals surface area contributed by atoms with Gasteiger partial charge in [-0.25, -0.2) is 0 Å². The quantitative estimate of drug-likeness (QED) is 0.259. The molecule has 2 heterocycles. The molecule has 0 radical (unpaired) electrons. The van der Waals surface area contributed by atoms with E-state index in [1.54, 1.807) is 0 Å². The van der Waals surface area contributed by atoms with Crippen molar-refractivity contribution in [3.8, 4) is 0 Å². The third-order valence-electron chi connectivity index (χ3n) is 7.04. The first-order valence-electron chi connectivity index (χ1n) is 13.7. The molecule has 0 spiro atoms. The summed E-state index contributed by atoms with van der Waals surface area (Å²) in [5.41, 5.74) is 3.18. The van der Waals surface area contributed by atoms with Crippen LogP contribution < -0.4 is 0 Å². The molecule has 0 amide bonds. The van der Waals surface area contributed by atoms with Crippen LogP contribution in [0, 0.1) is 0 Å². The lowest BCUT2D eigenvalue weighted by molar-refractivity contribution is -0.270. The SMILES string of the molecule is O=C1CCC=CC[C@@H]2O[C@H](CO1)[C@H](OCc1ccccc1)[C@H](OCc1ccccc1)[C@H]2OCc1ccccc1. The minimum absolute atomic E-state index is 0.103. The number of hydrogen-bond acceptors (Lipinski definition) is 6. The van der Waals surface area contributed by atoms with Gasteiger partial charge in [0.2, 0.25) is 0 Å². The molecule has 5 rings (SSSR count). The summed E-state index contributed by atoms with van der Waals surface area (Å²) in [5, 5.41) is 0. The van der Waals surface area contributed by atoms with Crippen molar-refractivity contribution in [2.75, 3.05) is 6.61 Å². The van der Waals surface area contributed by atoms with Crippen LogP contribution >= 0.6 is 0 Å². The van der Waals surface area contributed by atoms with E-state index in [2.05, 4.69) is 6.08 Å². The molecule has 1 fully saturated rings. The van der Waals surface area contributed by atoms with Gasteiger partial charge in [-0.3, -0.25) is 4.79 Å². The van der Waals surface area contributed by atoms with Crippen LogP contribution in [-0.4, -0.2) is 43.1 Å². The Morgan fingerprint density at radius 1 is 0.615 bits per heavy atom. The molecule has 2 aliphatic rings. The molecular weight excluding hydrogens is 492 g/mol. The van der Waals surface area contributed by atoms with E-state index in [0.29, 0.717) is 39.1 Å². The number of cyclic esters (lactones) is 1. The second-order valence-corrected chi connectivity index (χ2v) is 9.93. The van der Waals surface area contributed by atoms with Crippen molar-refractivity contribution >= 4 is 5.97 Å². The molecule has 1 saturated heterocycles. The maximum absolute atomic E-state index is 12.4. The molecule has 0 saturated carbocycles. The van der Waals surface area contributed by atoms with Crippen LogP contribution in [0.15, 0.2) is 103 Å². The van der Waals surface area contributed by atoms with E-state index in [1.165, 1.54) is 0 Å². The molecule has 0 unspecified atom stereocenters. The van der Waals surface area contributed by atoms with Gasteiger partial charge in [-0.2, -0.15) is 0 Å². The fraction of sp³-hybridized carbons (Fsp3) is 0.364. The number of esters is 1. The van der Waals surface area contributed by atoms with Crippen LogP contribution in [0.1, 0.15) is 36.0 Å². The summed E-state index contributed by atoms with van der Waals surface area (Å²) < 4.78 is 32.0. The van der Waals surface area contributed by atoms with Gasteiger partial charge in [0.25, 0.3) is 0 Å². The van der Waals surface area contributed by atoms with Crippen molar-refractivity contribution in [3.05, 3.63) is 120 Å². The van der Waals surface area contributed by atoms with E-state index in [9.17, 15) is 4.79 Å². The molecule has 6 heteroatoms. The van der Waals surface area contributed by atoms with Crippen LogP contribution in [-0.2, 0) is 48.3 Å². The minimum atomic E-state index is -0.511. The minimum Gasteiger partial charge on any atom is -0.463 e. The number of benzene rings is 3. The summed E-state index contributed by atoms with van der Waals surface area (Å²) in [5.74, 6) is -0.243. The topological polar surface area (TPSA) is 63.2 Å². The largest absolute Gasteiger partial charge is 0.463 e. The van der Waals surface area contributed by atoms with E-state index in [0.717, 1.165) is 16.7 Å². The zero-order chi connectivity index (χ0) is 26.7. The molecule has 6 nitrogen and oxygen atoms in total. The highest BCUT2D eigenvalue weighted by Crippen LogP contribution is 2.32. The third kappa shape index (κ3) is 7.87. The molecule has 0 N–H and O–H groups in total. The van der Waals surface area contributed by atoms with Crippen molar-refractivity contribution in [2.45, 2.75) is 69.6 Å². The van der Waals surface area contributed by atoms with E-state index < -0.39 is 24.4 Å². The Morgan fingerprint density at radius 3 is 1.64 bits per heavy atom. The van der Waals surface area contributed by atoms with Gasteiger partial charge in [-0.1, -0.05) is 103 Å². The van der Waals surface area contributed by atoms with Crippen LogP contribution in [0.5, 0.6) is 0 Å². The van der Waals surface area contributed by atoms with Crippen molar-refractivity contribution in [1.82, 2.24) is 0 Å². The first-order chi connectivity index (χ1) is 19.3. The summed E-state index contributed by atoms with van der Waals surface area (Å²) in [6.45, 7) is 1.30. The van der Waals surface area contributed by atoms with E-state index in [1.807, 2.05) is 97.1 Å². The van der Waals surface area contributed by atoms with Crippen LogP contribution in [0.4, 0.5) is 0 Å². The van der Waals surface area contributed by atoms with Crippen molar-refractivity contribution < 1.29 is 28.5 Å². The standard InChI is InChI=1S/C33H36O6/c34-30-20-12-4-11-19-28-31(36-21-25-13-5-1-6-14-25)33(38-23-27-17-9-3-10-18-27)32(29(39-28)24-35-30)37-22-26-15-7-2-8-16-26/h1-11,13-18,28-29,31-33H,12,19-24H2/t28-,29+,31-,32-,33+/m0/s1. The van der Waals surface area contributed by atoms with E-state index >= 15 is 0 Å². The number of hydrogen-bond donors (Lipinski definition) is 0. The average molecular weight is 529 g/mol. The number of allylic oxidation sites excluding steroid dienone is 1. The van der Waals surface area contributed by atoms with Crippen molar-refractivity contribution in [2.24, 2.45) is 0 Å². The van der Waals surface area contributed by atoms with Gasteiger partial charge < -0.3 is 23.7 Å². The molecule has 39 heavy (non-hydrogen) atoms. The lowest BCUT2D eigenvalue weighted by Crippen LogP contribution is -2.61. The van der Waals surface area contributed by atoms with Gasteiger partial charge in [-0.15, -0.1) is 0 Å². The highest BCUT2D eigenvalue weighted by molar-refractivity contribution is 5.69. The first kappa shape index (κ1) is 27.3. The summed E-state index contributed by atoms with van der Waals surface area (Å²) in [4.78, 5) is 12.4. The van der Waals surface area contributed by atoms with E-state index in [4.69, 9.17) is 23.7 Å². The normalized spacial score (nSPS) is 25.4. The summed E-state index contributed by atoms with van der Waals surface area (Å²) in [6.07, 6.45) is 3.55. The molecule has 0 aliphatic carbocycles. The molecule has 0 aromatic heterocycles. The van der Waals surface area contributed by atoms with Crippen LogP contribution in [0.25, 0.3) is 0 Å². The predicted octanol–water partition coefficient (Wildman–Crippen LogP) is 5.79. The van der Waals surface area contributed by atoms with Gasteiger partial charge in [0.15, 0.2) is 0 Å². The number of carbonyl (C=O) groups excluding carboxylic acids is 1. The van der Waals surface area contributed by atoms with Crippen LogP contribution in [0.2, 0.25) is 0 Å². The van der Waals surface area contributed by atoms with Gasteiger partial charge in [-0.05, 0) is 29.5 Å². The fourth-order valence-corrected chi connectivity index (χ4v) is 5.00. The Morgan fingerprint density at radius 2 is 1.10 bits per heavy atom. The van der Waals surface area contributed by atoms with Crippen molar-refractivity contribution in [3.63, 3.8) is 0 Å². The van der Waals surface area contributed by atoms with Gasteiger partial charge in [0.1, 0.15) is 31.0 Å². The summed E-state index contributed by atoms with van der Waals surface area (Å²) in [6, 6.07) is 30.2. The molecular formula is C33H36O6. The molecule has 2 bridgehead atoms. The van der Waals surface area contributed by atoms with Gasteiger partial charge in [0.05, 0.1) is 25.9 Å². The maximum atomic E-state index is 12.4. The first-order valence-corrected chi connectivity index (χ1v) is 13.7. The van der Waals surface area contributed by atoms with Crippen molar-refractivity contribution in [1.29, 1.82) is 0 Å². The molecule has 3 aromatic carbocycles. The average Bonchev–Trinajstić information content (AvgIpc) is 3.02. The Balaban J connectivity index is 1.44. The predicted molar refractivity (Wildman–Crippen MR) is 148 cm³/mol. The Hall–Kier alpha value is -3.29. The Bertz CT molecular complexity index is 1170. The second-order valence-electron chi connectivity index (χ2n) is 9.93. The molecule has 204 valence electrons. The summed E-state index contributed by atoms with van der Waals surface area (Å²) >= 11 is 0. The molecule has 5 atom stereocenters. The smallest absolute Gasteiger partial charge is 0.306 e.